The number of carbonyl (C=O) groups excluding carboxylic acids is 1. The molecular weight excluding hydrogens is 326 g/mol. The van der Waals surface area contributed by atoms with Gasteiger partial charge in [0.05, 0.1) is 17.2 Å². The molecule has 6 nitrogen and oxygen atoms in total. The van der Waals surface area contributed by atoms with Crippen molar-refractivity contribution in [3.8, 4) is 0 Å². The van der Waals surface area contributed by atoms with E-state index in [1.54, 1.807) is 12.4 Å². The van der Waals surface area contributed by atoms with Crippen LogP contribution >= 0.6 is 0 Å². The van der Waals surface area contributed by atoms with Crippen molar-refractivity contribution >= 4 is 16.9 Å². The summed E-state index contributed by atoms with van der Waals surface area (Å²) in [7, 11) is 0. The summed E-state index contributed by atoms with van der Waals surface area (Å²) in [5, 5.41) is 0. The number of hydrogen-bond donors (Lipinski definition) is 0. The summed E-state index contributed by atoms with van der Waals surface area (Å²) < 4.78 is 2.32. The minimum atomic E-state index is -0.0463. The van der Waals surface area contributed by atoms with Crippen molar-refractivity contribution in [3.05, 3.63) is 54.4 Å². The molecule has 0 unspecified atom stereocenters. The fraction of sp³-hybridized carbons (Fsp3) is 0.400. The Hall–Kier alpha value is -2.76. The summed E-state index contributed by atoms with van der Waals surface area (Å²) in [6, 6.07) is 8.58. The van der Waals surface area contributed by atoms with Gasteiger partial charge in [0.15, 0.2) is 0 Å². The predicted octanol–water partition coefficient (Wildman–Crippen LogP) is 3.43. The van der Waals surface area contributed by atoms with Crippen LogP contribution in [0.4, 0.5) is 0 Å². The molecular formula is C20H23N5O. The molecule has 0 spiro atoms. The molecule has 1 fully saturated rings. The topological polar surface area (TPSA) is 63.9 Å². The number of rotatable bonds is 3. The van der Waals surface area contributed by atoms with Gasteiger partial charge in [0.1, 0.15) is 11.5 Å². The minimum absolute atomic E-state index is 0.0463. The molecule has 1 atom stereocenters. The number of fused-ring (bicyclic) bond motifs is 1. The zero-order valence-corrected chi connectivity index (χ0v) is 15.2. The van der Waals surface area contributed by atoms with Crippen molar-refractivity contribution in [1.82, 2.24) is 24.4 Å². The molecule has 0 aliphatic carbocycles. The Morgan fingerprint density at radius 3 is 2.85 bits per heavy atom. The van der Waals surface area contributed by atoms with Gasteiger partial charge in [-0.25, -0.2) is 9.97 Å². The highest BCUT2D eigenvalue weighted by Crippen LogP contribution is 2.31. The second kappa shape index (κ2) is 6.86. The SMILES string of the molecule is CC(C)n1c([C@@H]2CCCN(C(=O)c3cnccn3)C2)nc2ccccc21. The van der Waals surface area contributed by atoms with Crippen LogP contribution in [0.3, 0.4) is 0 Å². The lowest BCUT2D eigenvalue weighted by Gasteiger charge is -2.33. The third-order valence-electron chi connectivity index (χ3n) is 5.00. The van der Waals surface area contributed by atoms with Crippen LogP contribution in [0.2, 0.25) is 0 Å². The molecule has 134 valence electrons. The van der Waals surface area contributed by atoms with Gasteiger partial charge in [0.25, 0.3) is 5.91 Å². The molecule has 3 heterocycles. The van der Waals surface area contributed by atoms with E-state index in [1.807, 2.05) is 11.0 Å². The number of piperidine rings is 1. The molecule has 1 saturated heterocycles. The maximum atomic E-state index is 12.8. The van der Waals surface area contributed by atoms with E-state index < -0.39 is 0 Å². The van der Waals surface area contributed by atoms with Crippen LogP contribution in [0, 0.1) is 0 Å². The zero-order chi connectivity index (χ0) is 18.1. The highest BCUT2D eigenvalue weighted by atomic mass is 16.2. The Balaban J connectivity index is 1.65. The Labute approximate surface area is 152 Å². The van der Waals surface area contributed by atoms with Gasteiger partial charge < -0.3 is 9.47 Å². The fourth-order valence-electron chi connectivity index (χ4n) is 3.84. The molecule has 4 rings (SSSR count). The number of carbonyl (C=O) groups is 1. The number of para-hydroxylation sites is 2. The van der Waals surface area contributed by atoms with Gasteiger partial charge in [-0.05, 0) is 38.8 Å². The fourth-order valence-corrected chi connectivity index (χ4v) is 3.84. The maximum absolute atomic E-state index is 12.8. The molecule has 0 bridgehead atoms. The molecule has 3 aromatic rings. The maximum Gasteiger partial charge on any atom is 0.274 e. The van der Waals surface area contributed by atoms with Gasteiger partial charge in [0.2, 0.25) is 0 Å². The summed E-state index contributed by atoms with van der Waals surface area (Å²) >= 11 is 0. The second-order valence-corrected chi connectivity index (χ2v) is 7.10. The zero-order valence-electron chi connectivity index (χ0n) is 15.2. The number of aromatic nitrogens is 4. The molecule has 6 heteroatoms. The monoisotopic (exact) mass is 349 g/mol. The third kappa shape index (κ3) is 2.96. The van der Waals surface area contributed by atoms with Crippen molar-refractivity contribution in [3.63, 3.8) is 0 Å². The van der Waals surface area contributed by atoms with Crippen molar-refractivity contribution in [2.75, 3.05) is 13.1 Å². The highest BCUT2D eigenvalue weighted by molar-refractivity contribution is 5.92. The van der Waals surface area contributed by atoms with Crippen molar-refractivity contribution in [2.24, 2.45) is 0 Å². The lowest BCUT2D eigenvalue weighted by molar-refractivity contribution is 0.0697. The highest BCUT2D eigenvalue weighted by Gasteiger charge is 2.30. The first kappa shape index (κ1) is 16.7. The van der Waals surface area contributed by atoms with E-state index in [0.29, 0.717) is 18.3 Å². The van der Waals surface area contributed by atoms with E-state index in [4.69, 9.17) is 4.98 Å². The van der Waals surface area contributed by atoms with Crippen LogP contribution in [0.1, 0.15) is 55.0 Å². The molecule has 0 N–H and O–H groups in total. The number of nitrogens with zero attached hydrogens (tertiary/aromatic N) is 5. The first-order valence-corrected chi connectivity index (χ1v) is 9.17. The van der Waals surface area contributed by atoms with Crippen LogP contribution < -0.4 is 0 Å². The standard InChI is InChI=1S/C20H23N5O/c1-14(2)25-18-8-4-3-7-16(18)23-19(25)15-6-5-11-24(13-15)20(26)17-12-21-9-10-22-17/h3-4,7-10,12,14-15H,5-6,11,13H2,1-2H3/t15-/m1/s1. The number of amides is 1. The normalized spacial score (nSPS) is 17.8. The van der Waals surface area contributed by atoms with E-state index >= 15 is 0 Å². The summed E-state index contributed by atoms with van der Waals surface area (Å²) in [5.74, 6) is 1.27. The first-order chi connectivity index (χ1) is 12.6. The van der Waals surface area contributed by atoms with Gasteiger partial charge in [-0.1, -0.05) is 12.1 Å². The van der Waals surface area contributed by atoms with Crippen LogP contribution in [-0.4, -0.2) is 43.4 Å². The summed E-state index contributed by atoms with van der Waals surface area (Å²) in [6.45, 7) is 5.80. The molecule has 2 aromatic heterocycles. The van der Waals surface area contributed by atoms with Gasteiger partial charge in [-0.3, -0.25) is 9.78 Å². The van der Waals surface area contributed by atoms with Gasteiger partial charge in [0, 0.05) is 37.4 Å². The second-order valence-electron chi connectivity index (χ2n) is 7.10. The van der Waals surface area contributed by atoms with E-state index in [2.05, 4.69) is 46.6 Å². The molecule has 0 radical (unpaired) electrons. The Bertz CT molecular complexity index is 918. The van der Waals surface area contributed by atoms with Crippen molar-refractivity contribution in [1.29, 1.82) is 0 Å². The quantitative estimate of drug-likeness (QED) is 0.727. The average molecular weight is 349 g/mol. The van der Waals surface area contributed by atoms with E-state index in [1.165, 1.54) is 6.20 Å². The predicted molar refractivity (Wildman–Crippen MR) is 100 cm³/mol. The van der Waals surface area contributed by atoms with Crippen LogP contribution in [0.15, 0.2) is 42.9 Å². The van der Waals surface area contributed by atoms with Crippen LogP contribution in [0.25, 0.3) is 11.0 Å². The van der Waals surface area contributed by atoms with Gasteiger partial charge >= 0.3 is 0 Å². The average Bonchev–Trinajstić information content (AvgIpc) is 3.08. The lowest BCUT2D eigenvalue weighted by Crippen LogP contribution is -2.40. The molecule has 0 saturated carbocycles. The molecule has 1 aliphatic rings. The van der Waals surface area contributed by atoms with Crippen molar-refractivity contribution < 1.29 is 4.79 Å². The number of likely N-dealkylation sites (tertiary alicyclic amines) is 1. The summed E-state index contributed by atoms with van der Waals surface area (Å²) in [6.07, 6.45) is 6.70. The Morgan fingerprint density at radius 1 is 1.23 bits per heavy atom. The van der Waals surface area contributed by atoms with Gasteiger partial charge in [-0.15, -0.1) is 0 Å². The minimum Gasteiger partial charge on any atom is -0.337 e. The molecule has 1 aromatic carbocycles. The van der Waals surface area contributed by atoms with Crippen molar-refractivity contribution in [2.45, 2.75) is 38.6 Å². The number of imidazole rings is 1. The third-order valence-corrected chi connectivity index (χ3v) is 5.00. The summed E-state index contributed by atoms with van der Waals surface area (Å²) in [5.41, 5.74) is 2.59. The van der Waals surface area contributed by atoms with E-state index in [9.17, 15) is 4.79 Å². The van der Waals surface area contributed by atoms with Crippen LogP contribution in [-0.2, 0) is 0 Å². The largest absolute Gasteiger partial charge is 0.337 e. The number of hydrogen-bond acceptors (Lipinski definition) is 4. The first-order valence-electron chi connectivity index (χ1n) is 9.17. The molecule has 26 heavy (non-hydrogen) atoms. The number of benzene rings is 1. The molecule has 1 aliphatic heterocycles. The summed E-state index contributed by atoms with van der Waals surface area (Å²) in [4.78, 5) is 27.8. The Kier molecular flexibility index (Phi) is 4.41. The van der Waals surface area contributed by atoms with E-state index in [-0.39, 0.29) is 11.8 Å². The van der Waals surface area contributed by atoms with E-state index in [0.717, 1.165) is 36.2 Å². The molecule has 1 amide bonds. The van der Waals surface area contributed by atoms with Crippen LogP contribution in [0.5, 0.6) is 0 Å². The van der Waals surface area contributed by atoms with Gasteiger partial charge in [-0.2, -0.15) is 0 Å². The lowest BCUT2D eigenvalue weighted by atomic mass is 9.96. The smallest absolute Gasteiger partial charge is 0.274 e. The Morgan fingerprint density at radius 2 is 2.08 bits per heavy atom.